The van der Waals surface area contributed by atoms with Crippen molar-refractivity contribution < 1.29 is 36.6 Å². The molecule has 0 aliphatic rings. The second kappa shape index (κ2) is 5.39. The molecule has 0 aliphatic heterocycles. The summed E-state index contributed by atoms with van der Waals surface area (Å²) in [7, 11) is 0. The summed E-state index contributed by atoms with van der Waals surface area (Å²) >= 11 is 0. The fraction of sp³-hybridized carbons (Fsp3) is 0.143. The fourth-order valence-corrected chi connectivity index (χ4v) is 2.12. The molecular formula is C14H10F6N2O2. The van der Waals surface area contributed by atoms with Crippen molar-refractivity contribution in [2.45, 2.75) is 12.4 Å². The van der Waals surface area contributed by atoms with E-state index in [9.17, 15) is 36.6 Å². The van der Waals surface area contributed by atoms with Crippen LogP contribution in [0.1, 0.15) is 11.1 Å². The van der Waals surface area contributed by atoms with Gasteiger partial charge in [-0.2, -0.15) is 26.3 Å². The number of alkyl halides is 6. The number of hydrogen-bond acceptors (Lipinski definition) is 4. The van der Waals surface area contributed by atoms with E-state index in [-0.39, 0.29) is 0 Å². The smallest absolute Gasteiger partial charge is 0.417 e. The van der Waals surface area contributed by atoms with Crippen LogP contribution in [0.15, 0.2) is 24.3 Å². The van der Waals surface area contributed by atoms with Crippen LogP contribution < -0.4 is 11.5 Å². The molecule has 2 aromatic rings. The summed E-state index contributed by atoms with van der Waals surface area (Å²) in [6.45, 7) is 0. The van der Waals surface area contributed by atoms with Gasteiger partial charge in [-0.25, -0.2) is 0 Å². The number of nitrogen functional groups attached to an aromatic ring is 2. The van der Waals surface area contributed by atoms with Gasteiger partial charge < -0.3 is 21.7 Å². The maximum absolute atomic E-state index is 13.1. The van der Waals surface area contributed by atoms with Crippen LogP contribution >= 0.6 is 0 Å². The standard InChI is InChI=1S/C14H10F6N2O2/c15-13(16,17)7-3-9(21)11(23)1-5(7)6-2-12(24)10(22)4-8(6)14(18,19)20/h1-4,23-24H,21-22H2. The highest BCUT2D eigenvalue weighted by molar-refractivity contribution is 5.80. The highest BCUT2D eigenvalue weighted by Crippen LogP contribution is 2.47. The second-order valence-corrected chi connectivity index (χ2v) is 4.91. The number of anilines is 2. The molecule has 6 N–H and O–H groups in total. The SMILES string of the molecule is Nc1cc(C(F)(F)F)c(-c2cc(O)c(N)cc2C(F)(F)F)cc1O. The molecule has 0 radical (unpaired) electrons. The van der Waals surface area contributed by atoms with Gasteiger partial charge in [-0.1, -0.05) is 0 Å². The van der Waals surface area contributed by atoms with Crippen molar-refractivity contribution in [2.75, 3.05) is 11.5 Å². The highest BCUT2D eigenvalue weighted by Gasteiger charge is 2.39. The second-order valence-electron chi connectivity index (χ2n) is 4.91. The first-order valence-corrected chi connectivity index (χ1v) is 6.22. The lowest BCUT2D eigenvalue weighted by Gasteiger charge is -2.19. The number of benzene rings is 2. The largest absolute Gasteiger partial charge is 0.506 e. The minimum absolute atomic E-state index is 0.318. The van der Waals surface area contributed by atoms with Crippen LogP contribution in [0, 0.1) is 0 Å². The molecule has 0 spiro atoms. The molecule has 2 rings (SSSR count). The predicted octanol–water partition coefficient (Wildman–Crippen LogP) is 3.97. The Morgan fingerprint density at radius 1 is 0.625 bits per heavy atom. The summed E-state index contributed by atoms with van der Waals surface area (Å²) in [5.74, 6) is -1.66. The number of phenols is 2. The van der Waals surface area contributed by atoms with Gasteiger partial charge in [-0.05, 0) is 35.4 Å². The Kier molecular flexibility index (Phi) is 3.95. The average molecular weight is 352 g/mol. The van der Waals surface area contributed by atoms with Crippen molar-refractivity contribution >= 4 is 11.4 Å². The maximum Gasteiger partial charge on any atom is 0.417 e. The maximum atomic E-state index is 13.1. The van der Waals surface area contributed by atoms with Crippen LogP contribution in [0.25, 0.3) is 11.1 Å². The first kappa shape index (κ1) is 17.6. The van der Waals surface area contributed by atoms with Gasteiger partial charge in [0.15, 0.2) is 0 Å². The van der Waals surface area contributed by atoms with Gasteiger partial charge in [0.25, 0.3) is 0 Å². The van der Waals surface area contributed by atoms with E-state index in [0.29, 0.717) is 24.3 Å². The molecule has 0 fully saturated rings. The van der Waals surface area contributed by atoms with Crippen LogP contribution in [0.5, 0.6) is 11.5 Å². The summed E-state index contributed by atoms with van der Waals surface area (Å²) in [6, 6.07) is 1.55. The normalized spacial score (nSPS) is 12.4. The van der Waals surface area contributed by atoms with Crippen LogP contribution in [0.2, 0.25) is 0 Å². The molecule has 24 heavy (non-hydrogen) atoms. The Morgan fingerprint density at radius 3 is 1.17 bits per heavy atom. The zero-order valence-electron chi connectivity index (χ0n) is 11.6. The van der Waals surface area contributed by atoms with Gasteiger partial charge in [0.05, 0.1) is 22.5 Å². The van der Waals surface area contributed by atoms with E-state index in [0.717, 1.165) is 0 Å². The molecule has 0 aromatic heterocycles. The first-order chi connectivity index (χ1) is 10.8. The number of rotatable bonds is 1. The first-order valence-electron chi connectivity index (χ1n) is 6.22. The van der Waals surface area contributed by atoms with Gasteiger partial charge in [0.1, 0.15) is 11.5 Å². The molecule has 0 unspecified atom stereocenters. The summed E-state index contributed by atoms with van der Waals surface area (Å²) in [5.41, 5.74) is 4.13. The van der Waals surface area contributed by atoms with E-state index in [2.05, 4.69) is 0 Å². The molecule has 2 aromatic carbocycles. The number of nitrogens with two attached hydrogens (primary N) is 2. The van der Waals surface area contributed by atoms with Crippen LogP contribution in [0.3, 0.4) is 0 Å². The van der Waals surface area contributed by atoms with Crippen molar-refractivity contribution in [3.8, 4) is 22.6 Å². The van der Waals surface area contributed by atoms with E-state index in [1.54, 1.807) is 0 Å². The third-order valence-corrected chi connectivity index (χ3v) is 3.23. The third kappa shape index (κ3) is 3.12. The van der Waals surface area contributed by atoms with Crippen molar-refractivity contribution in [1.29, 1.82) is 0 Å². The Labute approximate surface area is 130 Å². The predicted molar refractivity (Wildman–Crippen MR) is 74.0 cm³/mol. The molecule has 0 bridgehead atoms. The monoisotopic (exact) mass is 352 g/mol. The number of aromatic hydroxyl groups is 2. The zero-order valence-corrected chi connectivity index (χ0v) is 11.6. The molecule has 130 valence electrons. The topological polar surface area (TPSA) is 92.5 Å². The molecule has 0 atom stereocenters. The Balaban J connectivity index is 2.91. The lowest BCUT2D eigenvalue weighted by Crippen LogP contribution is -2.12. The average Bonchev–Trinajstić information content (AvgIpc) is 2.41. The highest BCUT2D eigenvalue weighted by atomic mass is 19.4. The molecule has 0 heterocycles. The van der Waals surface area contributed by atoms with E-state index < -0.39 is 57.5 Å². The summed E-state index contributed by atoms with van der Waals surface area (Å²) in [4.78, 5) is 0. The van der Waals surface area contributed by atoms with Crippen molar-refractivity contribution in [3.05, 3.63) is 35.4 Å². The van der Waals surface area contributed by atoms with E-state index >= 15 is 0 Å². The van der Waals surface area contributed by atoms with Gasteiger partial charge in [-0.15, -0.1) is 0 Å². The molecule has 4 nitrogen and oxygen atoms in total. The quantitative estimate of drug-likeness (QED) is 0.355. The van der Waals surface area contributed by atoms with Crippen molar-refractivity contribution in [3.63, 3.8) is 0 Å². The fourth-order valence-electron chi connectivity index (χ4n) is 2.12. The molecule has 0 saturated carbocycles. The van der Waals surface area contributed by atoms with Gasteiger partial charge in [0, 0.05) is 0 Å². The lowest BCUT2D eigenvalue weighted by atomic mass is 9.93. The number of hydrogen-bond donors (Lipinski definition) is 4. The Morgan fingerprint density at radius 2 is 0.917 bits per heavy atom. The van der Waals surface area contributed by atoms with Crippen molar-refractivity contribution in [1.82, 2.24) is 0 Å². The summed E-state index contributed by atoms with van der Waals surface area (Å²) < 4.78 is 78.9. The Hall–Kier alpha value is -2.78. The van der Waals surface area contributed by atoms with Crippen LogP contribution in [0.4, 0.5) is 37.7 Å². The number of halogens is 6. The Bertz CT molecular complexity index is 732. The van der Waals surface area contributed by atoms with Crippen LogP contribution in [-0.2, 0) is 12.4 Å². The van der Waals surface area contributed by atoms with Crippen molar-refractivity contribution in [2.24, 2.45) is 0 Å². The summed E-state index contributed by atoms with van der Waals surface area (Å²) in [5, 5.41) is 19.0. The lowest BCUT2D eigenvalue weighted by molar-refractivity contribution is -0.139. The molecule has 0 aliphatic carbocycles. The van der Waals surface area contributed by atoms with E-state index in [4.69, 9.17) is 11.5 Å². The van der Waals surface area contributed by atoms with Crippen LogP contribution in [-0.4, -0.2) is 10.2 Å². The van der Waals surface area contributed by atoms with Gasteiger partial charge in [0.2, 0.25) is 0 Å². The van der Waals surface area contributed by atoms with E-state index in [1.807, 2.05) is 0 Å². The molecule has 10 heteroatoms. The molecule has 0 amide bonds. The summed E-state index contributed by atoms with van der Waals surface area (Å²) in [6.07, 6.45) is -10.1. The van der Waals surface area contributed by atoms with E-state index in [1.165, 1.54) is 0 Å². The molecule has 0 saturated heterocycles. The van der Waals surface area contributed by atoms with Gasteiger partial charge >= 0.3 is 12.4 Å². The van der Waals surface area contributed by atoms with Gasteiger partial charge in [-0.3, -0.25) is 0 Å². The third-order valence-electron chi connectivity index (χ3n) is 3.23. The minimum atomic E-state index is -5.04. The number of phenolic OH excluding ortho intramolecular Hbond substituents is 2. The zero-order chi connectivity index (χ0) is 18.4. The minimum Gasteiger partial charge on any atom is -0.506 e. The molecular weight excluding hydrogens is 342 g/mol.